The van der Waals surface area contributed by atoms with Gasteiger partial charge < -0.3 is 9.63 Å². The van der Waals surface area contributed by atoms with E-state index in [1.807, 2.05) is 0 Å². The predicted octanol–water partition coefficient (Wildman–Crippen LogP) is 4.09. The van der Waals surface area contributed by atoms with E-state index in [9.17, 15) is 4.79 Å². The average molecular weight is 273 g/mol. The monoisotopic (exact) mass is 273 g/mol. The fraction of sp³-hybridized carbons (Fsp3) is 0. The topological polar surface area (TPSA) is 83.6 Å². The van der Waals surface area contributed by atoms with Crippen molar-refractivity contribution in [2.24, 2.45) is 13.5 Å². The minimum atomic E-state index is -1.55. The number of carboxylic acid groups (broad SMARTS) is 1. The van der Waals surface area contributed by atoms with Gasteiger partial charge in [0, 0.05) is 0 Å². The molecule has 1 N–H and O–H groups in total. The number of hydrogen-bond acceptors (Lipinski definition) is 5. The molecule has 0 aliphatic carbocycles. The molecule has 6 nitrogen and oxygen atoms in total. The number of nitrogens with zero attached hydrogens (tertiary/aromatic N) is 3. The lowest BCUT2D eigenvalue weighted by Gasteiger charge is -2.05. The van der Waals surface area contributed by atoms with Crippen LogP contribution in [-0.2, 0) is 0 Å². The molecule has 0 amide bonds. The molecular formula is C7H6N3O3P3. The van der Waals surface area contributed by atoms with E-state index in [1.54, 1.807) is 12.1 Å². The van der Waals surface area contributed by atoms with Gasteiger partial charge in [-0.25, -0.2) is 4.79 Å². The van der Waals surface area contributed by atoms with Crippen molar-refractivity contribution >= 4 is 31.1 Å². The predicted molar refractivity (Wildman–Crippen MR) is 63.5 cm³/mol. The maximum Gasteiger partial charge on any atom is 0.335 e. The Morgan fingerprint density at radius 1 is 1.31 bits per heavy atom. The van der Waals surface area contributed by atoms with Crippen LogP contribution in [0.2, 0.25) is 0 Å². The average Bonchev–Trinajstić information content (AvgIpc) is 2.31. The Labute approximate surface area is 95.2 Å². The van der Waals surface area contributed by atoms with E-state index in [0.717, 1.165) is 0 Å². The van der Waals surface area contributed by atoms with Crippen molar-refractivity contribution in [1.29, 1.82) is 0 Å². The lowest BCUT2D eigenvalue weighted by Crippen LogP contribution is -1.94. The van der Waals surface area contributed by atoms with E-state index in [2.05, 4.69) is 13.5 Å². The van der Waals surface area contributed by atoms with E-state index in [0.29, 0.717) is 22.8 Å². The summed E-state index contributed by atoms with van der Waals surface area (Å²) in [7, 11) is -0.251. The van der Waals surface area contributed by atoms with Gasteiger partial charge in [-0.2, -0.15) is 13.5 Å². The second-order valence-electron chi connectivity index (χ2n) is 2.68. The van der Waals surface area contributed by atoms with E-state index in [-0.39, 0.29) is 5.56 Å². The molecule has 0 fully saturated rings. The van der Waals surface area contributed by atoms with Crippen molar-refractivity contribution < 1.29 is 14.4 Å². The van der Waals surface area contributed by atoms with Crippen molar-refractivity contribution in [3.8, 4) is 5.75 Å². The van der Waals surface area contributed by atoms with Gasteiger partial charge >= 0.3 is 5.97 Å². The van der Waals surface area contributed by atoms with Crippen LogP contribution >= 0.6 is 25.1 Å². The van der Waals surface area contributed by atoms with Crippen LogP contribution in [0.4, 0.5) is 0 Å². The molecule has 0 saturated heterocycles. The first-order valence-electron chi connectivity index (χ1n) is 4.15. The highest BCUT2D eigenvalue weighted by atomic mass is 31.2. The number of rotatable bonds is 3. The quantitative estimate of drug-likeness (QED) is 0.841. The molecule has 1 heterocycles. The third kappa shape index (κ3) is 2.96. The van der Waals surface area contributed by atoms with E-state index >= 15 is 0 Å². The van der Waals surface area contributed by atoms with Crippen molar-refractivity contribution in [2.75, 3.05) is 0 Å². The molecule has 1 atom stereocenters. The number of aromatic carboxylic acids is 1. The Hall–Kier alpha value is -1.08. The molecule has 1 aromatic carbocycles. The van der Waals surface area contributed by atoms with Crippen LogP contribution in [0.15, 0.2) is 37.8 Å². The molecule has 9 heteroatoms. The Morgan fingerprint density at radius 2 is 2.06 bits per heavy atom. The Morgan fingerprint density at radius 3 is 2.62 bits per heavy atom. The third-order valence-electron chi connectivity index (χ3n) is 1.65. The normalized spacial score (nSPS) is 19.9. The van der Waals surface area contributed by atoms with Gasteiger partial charge in [-0.15, -0.1) is 0 Å². The summed E-state index contributed by atoms with van der Waals surface area (Å²) >= 11 is 0. The molecule has 0 spiro atoms. The highest BCUT2D eigenvalue weighted by Crippen LogP contribution is 2.42. The van der Waals surface area contributed by atoms with Gasteiger partial charge in [-0.3, -0.25) is 0 Å². The standard InChI is InChI=1S/C7H6N3O3P3/c11-7(12)5-1-3-6(4-2-5)13-16-9-14-8-15-10-16/h1-4,16H,(H,11,12). The summed E-state index contributed by atoms with van der Waals surface area (Å²) in [6.45, 7) is 0. The number of hydrogen-bond donors (Lipinski definition) is 1. The molecule has 82 valence electrons. The molecule has 2 rings (SSSR count). The molecule has 1 aliphatic heterocycles. The second kappa shape index (κ2) is 5.31. The minimum absolute atomic E-state index is 0.230. The van der Waals surface area contributed by atoms with Gasteiger partial charge in [0.25, 0.3) is 0 Å². The first-order valence-corrected chi connectivity index (χ1v) is 7.06. The minimum Gasteiger partial charge on any atom is -0.478 e. The van der Waals surface area contributed by atoms with Crippen LogP contribution in [0.1, 0.15) is 10.4 Å². The summed E-state index contributed by atoms with van der Waals surface area (Å²) < 4.78 is 17.5. The molecule has 0 saturated carbocycles. The lowest BCUT2D eigenvalue weighted by atomic mass is 10.2. The highest BCUT2D eigenvalue weighted by molar-refractivity contribution is 7.56. The summed E-state index contributed by atoms with van der Waals surface area (Å²) in [5.41, 5.74) is 0.230. The van der Waals surface area contributed by atoms with E-state index in [4.69, 9.17) is 9.63 Å². The van der Waals surface area contributed by atoms with Gasteiger partial charge in [-0.05, 0) is 24.3 Å². The first-order chi connectivity index (χ1) is 7.75. The largest absolute Gasteiger partial charge is 0.478 e. The van der Waals surface area contributed by atoms with Crippen LogP contribution in [0.25, 0.3) is 0 Å². The first kappa shape index (κ1) is 11.4. The van der Waals surface area contributed by atoms with E-state index < -0.39 is 14.1 Å². The van der Waals surface area contributed by atoms with Gasteiger partial charge in [0.2, 0.25) is 8.09 Å². The SMILES string of the molecule is O=C(O)c1ccc(O[PH]2=NP=NP=N2)cc1. The summed E-state index contributed by atoms with van der Waals surface area (Å²) in [6, 6.07) is 6.18. The molecule has 1 aromatic rings. The van der Waals surface area contributed by atoms with Crippen LogP contribution in [-0.4, -0.2) is 11.1 Å². The zero-order valence-electron chi connectivity index (χ0n) is 7.81. The van der Waals surface area contributed by atoms with Gasteiger partial charge in [0.15, 0.2) is 17.0 Å². The Balaban J connectivity index is 2.11. The van der Waals surface area contributed by atoms with Gasteiger partial charge in [0.05, 0.1) is 5.56 Å². The molecule has 0 bridgehead atoms. The summed E-state index contributed by atoms with van der Waals surface area (Å²) in [4.78, 5) is 10.6. The van der Waals surface area contributed by atoms with Gasteiger partial charge in [0.1, 0.15) is 5.75 Å². The Bertz CT molecular complexity index is 497. The number of carboxylic acids is 1. The smallest absolute Gasteiger partial charge is 0.335 e. The second-order valence-corrected chi connectivity index (χ2v) is 6.13. The molecule has 0 radical (unpaired) electrons. The maximum absolute atomic E-state index is 10.6. The molecular weight excluding hydrogens is 267 g/mol. The summed E-state index contributed by atoms with van der Waals surface area (Å²) in [6.07, 6.45) is 0. The van der Waals surface area contributed by atoms with Crippen LogP contribution < -0.4 is 4.52 Å². The van der Waals surface area contributed by atoms with Crippen LogP contribution in [0.3, 0.4) is 0 Å². The molecule has 16 heavy (non-hydrogen) atoms. The molecule has 1 aliphatic rings. The van der Waals surface area contributed by atoms with Gasteiger partial charge in [-0.1, -0.05) is 0 Å². The summed E-state index contributed by atoms with van der Waals surface area (Å²) in [5.74, 6) is -0.373. The van der Waals surface area contributed by atoms with E-state index in [1.165, 1.54) is 12.1 Å². The van der Waals surface area contributed by atoms with Crippen molar-refractivity contribution in [3.63, 3.8) is 0 Å². The number of benzene rings is 1. The Kier molecular flexibility index (Phi) is 3.79. The third-order valence-corrected chi connectivity index (χ3v) is 4.79. The van der Waals surface area contributed by atoms with Crippen LogP contribution in [0.5, 0.6) is 5.75 Å². The zero-order chi connectivity index (χ0) is 11.4. The van der Waals surface area contributed by atoms with Crippen LogP contribution in [0, 0.1) is 0 Å². The molecule has 0 aromatic heterocycles. The lowest BCUT2D eigenvalue weighted by molar-refractivity contribution is 0.0697. The fourth-order valence-corrected chi connectivity index (χ4v) is 3.95. The van der Waals surface area contributed by atoms with Crippen molar-refractivity contribution in [3.05, 3.63) is 29.8 Å². The van der Waals surface area contributed by atoms with Crippen molar-refractivity contribution in [1.82, 2.24) is 0 Å². The fourth-order valence-electron chi connectivity index (χ4n) is 0.966. The zero-order valence-corrected chi connectivity index (χ0v) is 10.6. The van der Waals surface area contributed by atoms with Crippen molar-refractivity contribution in [2.45, 2.75) is 0 Å². The number of carbonyl (C=O) groups is 1. The molecule has 1 unspecified atom stereocenters. The maximum atomic E-state index is 10.6. The summed E-state index contributed by atoms with van der Waals surface area (Å²) in [5, 5.41) is 8.71. The highest BCUT2D eigenvalue weighted by Gasteiger charge is 2.04.